The highest BCUT2D eigenvalue weighted by molar-refractivity contribution is 7.19. The fourth-order valence-corrected chi connectivity index (χ4v) is 7.48. The quantitative estimate of drug-likeness (QED) is 0.546. The molecule has 1 unspecified atom stereocenters. The molecule has 3 aliphatic rings. The van der Waals surface area contributed by atoms with Gasteiger partial charge >= 0.3 is 12.1 Å². The van der Waals surface area contributed by atoms with E-state index in [1.165, 1.54) is 16.7 Å². The van der Waals surface area contributed by atoms with E-state index in [-0.39, 0.29) is 11.9 Å². The number of primary amides is 1. The Balaban J connectivity index is 1.28. The van der Waals surface area contributed by atoms with Gasteiger partial charge in [0.25, 0.3) is 5.91 Å². The molecule has 2 aromatic heterocycles. The SMILES string of the molecule is CC(C)(C)OC(=O)[NH2+]c1sc(-c2ccccn2)cc1C(=O)N1CCC(N2CCCC3(C2)CC(C)(C)OC3=O)CC1. The summed E-state index contributed by atoms with van der Waals surface area (Å²) in [5.74, 6) is -0.132. The van der Waals surface area contributed by atoms with Crippen molar-refractivity contribution in [2.45, 2.75) is 84.0 Å². The molecule has 0 radical (unpaired) electrons. The summed E-state index contributed by atoms with van der Waals surface area (Å²) < 4.78 is 11.2. The molecule has 0 bridgehead atoms. The van der Waals surface area contributed by atoms with Crippen molar-refractivity contribution in [1.29, 1.82) is 0 Å². The van der Waals surface area contributed by atoms with Crippen molar-refractivity contribution < 1.29 is 29.2 Å². The minimum absolute atomic E-state index is 0.0512. The van der Waals surface area contributed by atoms with Crippen LogP contribution in [-0.2, 0) is 14.3 Å². The zero-order valence-electron chi connectivity index (χ0n) is 24.2. The topological polar surface area (TPSA) is 106 Å². The van der Waals surface area contributed by atoms with Gasteiger partial charge in [-0.3, -0.25) is 19.5 Å². The van der Waals surface area contributed by atoms with Crippen molar-refractivity contribution in [1.82, 2.24) is 14.8 Å². The summed E-state index contributed by atoms with van der Waals surface area (Å²) in [6.07, 6.45) is 5.58. The van der Waals surface area contributed by atoms with E-state index in [1.54, 1.807) is 6.20 Å². The number of amides is 2. The molecule has 10 heteroatoms. The number of piperidine rings is 2. The highest BCUT2D eigenvalue weighted by Gasteiger charge is 2.54. The van der Waals surface area contributed by atoms with E-state index in [9.17, 15) is 14.4 Å². The largest absolute Gasteiger partial charge is 0.519 e. The first kappa shape index (κ1) is 28.7. The maximum Gasteiger partial charge on any atom is 0.519 e. The molecule has 1 spiro atoms. The van der Waals surface area contributed by atoms with E-state index in [2.05, 4.69) is 9.88 Å². The lowest BCUT2D eigenvalue weighted by Gasteiger charge is -2.44. The zero-order chi connectivity index (χ0) is 28.7. The molecule has 0 aliphatic carbocycles. The summed E-state index contributed by atoms with van der Waals surface area (Å²) in [6.45, 7) is 12.4. The number of quaternary nitrogens is 1. The maximum absolute atomic E-state index is 13.8. The van der Waals surface area contributed by atoms with Gasteiger partial charge in [-0.15, -0.1) is 0 Å². The molecule has 1 atom stereocenters. The van der Waals surface area contributed by atoms with Gasteiger partial charge in [-0.2, -0.15) is 4.79 Å². The molecular formula is C30H41N4O5S+. The lowest BCUT2D eigenvalue weighted by atomic mass is 9.74. The highest BCUT2D eigenvalue weighted by Crippen LogP contribution is 2.46. The Morgan fingerprint density at radius 1 is 1.18 bits per heavy atom. The number of aromatic nitrogens is 1. The number of esters is 1. The van der Waals surface area contributed by atoms with E-state index in [4.69, 9.17) is 9.47 Å². The number of rotatable bonds is 4. The number of cyclic esters (lactones) is 1. The molecule has 2 amide bonds. The molecular weight excluding hydrogens is 528 g/mol. The van der Waals surface area contributed by atoms with Gasteiger partial charge in [0.15, 0.2) is 0 Å². The van der Waals surface area contributed by atoms with E-state index < -0.39 is 22.7 Å². The Hall–Kier alpha value is -2.82. The third-order valence-electron chi connectivity index (χ3n) is 8.00. The second kappa shape index (κ2) is 10.9. The fraction of sp³-hybridized carbons (Fsp3) is 0.600. The number of thiophene rings is 1. The van der Waals surface area contributed by atoms with Crippen molar-refractivity contribution in [2.75, 3.05) is 26.2 Å². The standard InChI is InChI=1S/C30H40N4O5S/c1-28(2,3)39-27(37)32-24-21(17-23(40-24)22-9-6-7-13-31-22)25(35)33-15-10-20(11-16-33)34-14-8-12-30(19-34)18-29(4,5)38-26(30)36/h6-7,9,13,17,20H,8,10-12,14-16,18-19H2,1-5H3,(H,32,37)/p+1. The summed E-state index contributed by atoms with van der Waals surface area (Å²) in [4.78, 5) is 48.9. The van der Waals surface area contributed by atoms with Crippen LogP contribution in [0.1, 0.15) is 77.1 Å². The normalized spacial score (nSPS) is 23.8. The Morgan fingerprint density at radius 2 is 1.93 bits per heavy atom. The van der Waals surface area contributed by atoms with Crippen molar-refractivity contribution in [3.63, 3.8) is 0 Å². The van der Waals surface area contributed by atoms with Gasteiger partial charge < -0.3 is 14.4 Å². The molecule has 3 fully saturated rings. The summed E-state index contributed by atoms with van der Waals surface area (Å²) in [6, 6.07) is 7.83. The molecule has 40 heavy (non-hydrogen) atoms. The van der Waals surface area contributed by atoms with Crippen LogP contribution in [0.2, 0.25) is 0 Å². The number of hydrogen-bond acceptors (Lipinski definition) is 8. The second-order valence-corrected chi connectivity index (χ2v) is 14.1. The molecule has 0 aromatic carbocycles. The summed E-state index contributed by atoms with van der Waals surface area (Å²) in [5, 5.41) is 2.01. The van der Waals surface area contributed by atoms with Crippen molar-refractivity contribution in [3.8, 4) is 10.6 Å². The van der Waals surface area contributed by atoms with Crippen LogP contribution in [0, 0.1) is 5.41 Å². The highest BCUT2D eigenvalue weighted by atomic mass is 32.1. The first-order chi connectivity index (χ1) is 18.8. The Kier molecular flexibility index (Phi) is 7.80. The van der Waals surface area contributed by atoms with Crippen LogP contribution < -0.4 is 5.32 Å². The van der Waals surface area contributed by atoms with Crippen LogP contribution in [0.5, 0.6) is 0 Å². The minimum Gasteiger partial charge on any atom is -0.459 e. The van der Waals surface area contributed by atoms with Gasteiger partial charge in [0.2, 0.25) is 5.00 Å². The number of likely N-dealkylation sites (tertiary alicyclic amines) is 2. The number of ether oxygens (including phenoxy) is 2. The number of hydrogen-bond donors (Lipinski definition) is 1. The van der Waals surface area contributed by atoms with Gasteiger partial charge in [0.1, 0.15) is 16.8 Å². The van der Waals surface area contributed by atoms with Crippen molar-refractivity contribution in [2.24, 2.45) is 5.41 Å². The molecule has 9 nitrogen and oxygen atoms in total. The van der Waals surface area contributed by atoms with Crippen LogP contribution in [0.25, 0.3) is 10.6 Å². The molecule has 5 heterocycles. The predicted molar refractivity (Wildman–Crippen MR) is 152 cm³/mol. The maximum atomic E-state index is 13.8. The van der Waals surface area contributed by atoms with Gasteiger partial charge in [0, 0.05) is 38.3 Å². The van der Waals surface area contributed by atoms with E-state index in [0.717, 1.165) is 55.8 Å². The average Bonchev–Trinajstić information content (AvgIpc) is 3.40. The summed E-state index contributed by atoms with van der Waals surface area (Å²) in [5.41, 5.74) is -0.170. The van der Waals surface area contributed by atoms with Crippen LogP contribution in [0.15, 0.2) is 30.5 Å². The van der Waals surface area contributed by atoms with Crippen molar-refractivity contribution in [3.05, 3.63) is 36.0 Å². The zero-order valence-corrected chi connectivity index (χ0v) is 25.0. The first-order valence-electron chi connectivity index (χ1n) is 14.2. The van der Waals surface area contributed by atoms with Crippen LogP contribution in [0.4, 0.5) is 9.80 Å². The predicted octanol–water partition coefficient (Wildman–Crippen LogP) is 4.35. The van der Waals surface area contributed by atoms with E-state index in [0.29, 0.717) is 29.7 Å². The average molecular weight is 570 g/mol. The molecule has 3 saturated heterocycles. The van der Waals surface area contributed by atoms with Gasteiger partial charge in [-0.05, 0) is 85.0 Å². The third kappa shape index (κ3) is 6.24. The lowest BCUT2D eigenvalue weighted by Crippen LogP contribution is -2.83. The van der Waals surface area contributed by atoms with Gasteiger partial charge in [-0.1, -0.05) is 17.4 Å². The smallest absolute Gasteiger partial charge is 0.459 e. The van der Waals surface area contributed by atoms with Crippen LogP contribution in [-0.4, -0.2) is 76.2 Å². The van der Waals surface area contributed by atoms with E-state index in [1.807, 2.05) is 63.8 Å². The fourth-order valence-electron chi connectivity index (χ4n) is 6.43. The van der Waals surface area contributed by atoms with Gasteiger partial charge in [-0.25, -0.2) is 5.32 Å². The minimum atomic E-state index is -0.626. The molecule has 0 saturated carbocycles. The van der Waals surface area contributed by atoms with Crippen molar-refractivity contribution >= 4 is 34.3 Å². The Bertz CT molecular complexity index is 1260. The molecule has 216 valence electrons. The third-order valence-corrected chi connectivity index (χ3v) is 9.11. The number of nitrogens with two attached hydrogens (primary N) is 1. The number of pyridine rings is 1. The number of carbonyl (C=O) groups is 3. The molecule has 3 aliphatic heterocycles. The second-order valence-electron chi connectivity index (χ2n) is 13.0. The van der Waals surface area contributed by atoms with Crippen LogP contribution >= 0.6 is 11.3 Å². The first-order valence-corrected chi connectivity index (χ1v) is 15.1. The molecule has 2 aromatic rings. The summed E-state index contributed by atoms with van der Waals surface area (Å²) in [7, 11) is 0. The summed E-state index contributed by atoms with van der Waals surface area (Å²) >= 11 is 1.37. The number of carbonyl (C=O) groups excluding carboxylic acids is 3. The number of nitrogens with zero attached hydrogens (tertiary/aromatic N) is 3. The Morgan fingerprint density at radius 3 is 2.55 bits per heavy atom. The lowest BCUT2D eigenvalue weighted by molar-refractivity contribution is -0.482. The molecule has 5 rings (SSSR count). The monoisotopic (exact) mass is 569 g/mol. The van der Waals surface area contributed by atoms with Gasteiger partial charge in [0.05, 0.1) is 16.0 Å². The Labute approximate surface area is 240 Å². The van der Waals surface area contributed by atoms with Crippen LogP contribution in [0.3, 0.4) is 0 Å². The van der Waals surface area contributed by atoms with E-state index >= 15 is 0 Å². The molecule has 2 N–H and O–H groups in total.